The quantitative estimate of drug-likeness (QED) is 0.582. The van der Waals surface area contributed by atoms with Crippen LogP contribution in [0.25, 0.3) is 0 Å². The third kappa shape index (κ3) is 4.92. The Bertz CT molecular complexity index is 232. The summed E-state index contributed by atoms with van der Waals surface area (Å²) in [5.41, 5.74) is 4.45. The van der Waals surface area contributed by atoms with Crippen molar-refractivity contribution >= 4 is 5.91 Å². The van der Waals surface area contributed by atoms with E-state index >= 15 is 0 Å². The van der Waals surface area contributed by atoms with E-state index in [4.69, 9.17) is 5.73 Å². The molecular formula is C11H23N3O2. The van der Waals surface area contributed by atoms with Gasteiger partial charge in [-0.25, -0.2) is 0 Å². The van der Waals surface area contributed by atoms with Crippen LogP contribution in [0.3, 0.4) is 0 Å². The summed E-state index contributed by atoms with van der Waals surface area (Å²) < 4.78 is 0. The zero-order valence-electron chi connectivity index (χ0n) is 10.2. The fourth-order valence-corrected chi connectivity index (χ4v) is 2.18. The van der Waals surface area contributed by atoms with Gasteiger partial charge < -0.3 is 16.2 Å². The molecule has 1 aliphatic rings. The Morgan fingerprint density at radius 2 is 2.06 bits per heavy atom. The van der Waals surface area contributed by atoms with Crippen LogP contribution in [0.4, 0.5) is 0 Å². The first-order valence-corrected chi connectivity index (χ1v) is 5.84. The van der Waals surface area contributed by atoms with E-state index in [0.29, 0.717) is 12.6 Å². The molecule has 0 aromatic carbocycles. The van der Waals surface area contributed by atoms with E-state index in [9.17, 15) is 9.90 Å². The molecule has 0 bridgehead atoms. The third-order valence-electron chi connectivity index (χ3n) is 2.77. The molecule has 0 radical (unpaired) electrons. The highest BCUT2D eigenvalue weighted by Gasteiger charge is 2.26. The van der Waals surface area contributed by atoms with Crippen molar-refractivity contribution in [2.24, 2.45) is 5.73 Å². The Labute approximate surface area is 97.0 Å². The van der Waals surface area contributed by atoms with E-state index in [1.54, 1.807) is 13.8 Å². The van der Waals surface area contributed by atoms with Crippen LogP contribution in [-0.4, -0.2) is 53.7 Å². The minimum atomic E-state index is -0.791. The van der Waals surface area contributed by atoms with E-state index < -0.39 is 5.60 Å². The van der Waals surface area contributed by atoms with Gasteiger partial charge in [-0.05, 0) is 39.8 Å². The summed E-state index contributed by atoms with van der Waals surface area (Å²) in [5.74, 6) is -0.331. The summed E-state index contributed by atoms with van der Waals surface area (Å²) in [6.45, 7) is 6.15. The molecule has 1 aliphatic heterocycles. The van der Waals surface area contributed by atoms with Crippen molar-refractivity contribution in [1.29, 1.82) is 0 Å². The number of nitrogens with one attached hydrogen (secondary N) is 1. The minimum absolute atomic E-state index is 0.231. The van der Waals surface area contributed by atoms with Crippen LogP contribution in [0.15, 0.2) is 0 Å². The number of rotatable bonds is 5. The number of primary amides is 1. The van der Waals surface area contributed by atoms with Crippen LogP contribution in [0.2, 0.25) is 0 Å². The van der Waals surface area contributed by atoms with Crippen molar-refractivity contribution in [3.05, 3.63) is 0 Å². The Morgan fingerprint density at radius 1 is 1.50 bits per heavy atom. The molecule has 0 spiro atoms. The standard InChI is InChI=1S/C11H23N3O2/c1-11(2,16)8-14(7-10(12)15)9-3-5-13-6-4-9/h9,13,16H,3-8H2,1-2H3,(H2,12,15). The van der Waals surface area contributed by atoms with Crippen molar-refractivity contribution in [1.82, 2.24) is 10.2 Å². The number of hydrogen-bond donors (Lipinski definition) is 3. The van der Waals surface area contributed by atoms with Gasteiger partial charge in [0.2, 0.25) is 5.91 Å². The lowest BCUT2D eigenvalue weighted by atomic mass is 10.0. The van der Waals surface area contributed by atoms with Crippen LogP contribution in [0, 0.1) is 0 Å². The fourth-order valence-electron chi connectivity index (χ4n) is 2.18. The summed E-state index contributed by atoms with van der Waals surface area (Å²) in [6.07, 6.45) is 2.01. The topological polar surface area (TPSA) is 78.6 Å². The molecule has 1 saturated heterocycles. The van der Waals surface area contributed by atoms with Gasteiger partial charge in [-0.2, -0.15) is 0 Å². The Balaban J connectivity index is 2.58. The van der Waals surface area contributed by atoms with Gasteiger partial charge in [-0.3, -0.25) is 9.69 Å². The van der Waals surface area contributed by atoms with E-state index in [1.807, 2.05) is 4.90 Å². The first-order chi connectivity index (χ1) is 7.38. The summed E-state index contributed by atoms with van der Waals surface area (Å²) in [7, 11) is 0. The molecule has 0 unspecified atom stereocenters. The largest absolute Gasteiger partial charge is 0.389 e. The number of hydrogen-bond acceptors (Lipinski definition) is 4. The van der Waals surface area contributed by atoms with Gasteiger partial charge in [-0.15, -0.1) is 0 Å². The second kappa shape index (κ2) is 5.61. The predicted octanol–water partition coefficient (Wildman–Crippen LogP) is -0.703. The second-order valence-corrected chi connectivity index (χ2v) is 5.16. The van der Waals surface area contributed by atoms with Crippen LogP contribution in [-0.2, 0) is 4.79 Å². The molecule has 16 heavy (non-hydrogen) atoms. The number of aliphatic hydroxyl groups is 1. The highest BCUT2D eigenvalue weighted by atomic mass is 16.3. The molecule has 0 aromatic heterocycles. The lowest BCUT2D eigenvalue weighted by molar-refractivity contribution is -0.120. The van der Waals surface area contributed by atoms with Gasteiger partial charge in [0.05, 0.1) is 12.1 Å². The predicted molar refractivity (Wildman–Crippen MR) is 63.0 cm³/mol. The molecule has 5 heteroatoms. The van der Waals surface area contributed by atoms with Gasteiger partial charge in [-0.1, -0.05) is 0 Å². The number of nitrogens with two attached hydrogens (primary N) is 1. The van der Waals surface area contributed by atoms with E-state index in [1.165, 1.54) is 0 Å². The molecule has 0 aromatic rings. The molecule has 0 saturated carbocycles. The van der Waals surface area contributed by atoms with E-state index in [0.717, 1.165) is 25.9 Å². The zero-order chi connectivity index (χ0) is 12.2. The lowest BCUT2D eigenvalue weighted by Crippen LogP contribution is -2.51. The van der Waals surface area contributed by atoms with Crippen molar-refractivity contribution in [3.63, 3.8) is 0 Å². The first kappa shape index (κ1) is 13.4. The summed E-state index contributed by atoms with van der Waals surface area (Å²) in [4.78, 5) is 13.0. The average molecular weight is 229 g/mol. The van der Waals surface area contributed by atoms with Crippen molar-refractivity contribution in [2.45, 2.75) is 38.3 Å². The van der Waals surface area contributed by atoms with E-state index in [2.05, 4.69) is 5.32 Å². The maximum Gasteiger partial charge on any atom is 0.231 e. The minimum Gasteiger partial charge on any atom is -0.389 e. The number of nitrogens with zero attached hydrogens (tertiary/aromatic N) is 1. The van der Waals surface area contributed by atoms with Gasteiger partial charge in [0.15, 0.2) is 0 Å². The summed E-state index contributed by atoms with van der Waals surface area (Å²) in [6, 6.07) is 0.347. The van der Waals surface area contributed by atoms with Crippen LogP contribution in [0.1, 0.15) is 26.7 Å². The van der Waals surface area contributed by atoms with Crippen LogP contribution in [0.5, 0.6) is 0 Å². The number of amides is 1. The smallest absolute Gasteiger partial charge is 0.231 e. The highest BCUT2D eigenvalue weighted by molar-refractivity contribution is 5.75. The summed E-state index contributed by atoms with van der Waals surface area (Å²) >= 11 is 0. The third-order valence-corrected chi connectivity index (χ3v) is 2.77. The molecule has 0 atom stereocenters. The summed E-state index contributed by atoms with van der Waals surface area (Å²) in [5, 5.41) is 13.1. The molecule has 5 nitrogen and oxygen atoms in total. The molecule has 1 amide bonds. The highest BCUT2D eigenvalue weighted by Crippen LogP contribution is 2.15. The molecule has 0 aliphatic carbocycles. The van der Waals surface area contributed by atoms with Crippen molar-refractivity contribution in [2.75, 3.05) is 26.2 Å². The SMILES string of the molecule is CC(C)(O)CN(CC(N)=O)C1CCNCC1. The van der Waals surface area contributed by atoms with Gasteiger partial charge in [0, 0.05) is 12.6 Å². The second-order valence-electron chi connectivity index (χ2n) is 5.16. The molecule has 1 fully saturated rings. The van der Waals surface area contributed by atoms with E-state index in [-0.39, 0.29) is 12.5 Å². The van der Waals surface area contributed by atoms with Crippen molar-refractivity contribution in [3.8, 4) is 0 Å². The maximum absolute atomic E-state index is 11.0. The molecule has 94 valence electrons. The Morgan fingerprint density at radius 3 is 2.50 bits per heavy atom. The van der Waals surface area contributed by atoms with Crippen LogP contribution < -0.4 is 11.1 Å². The first-order valence-electron chi connectivity index (χ1n) is 5.84. The molecular weight excluding hydrogens is 206 g/mol. The zero-order valence-corrected chi connectivity index (χ0v) is 10.2. The average Bonchev–Trinajstić information content (AvgIpc) is 2.15. The number of carbonyl (C=O) groups is 1. The molecule has 1 heterocycles. The normalized spacial score (nSPS) is 19.0. The Hall–Kier alpha value is -0.650. The fraction of sp³-hybridized carbons (Fsp3) is 0.909. The molecule has 1 rings (SSSR count). The Kier molecular flexibility index (Phi) is 4.70. The van der Waals surface area contributed by atoms with Crippen LogP contribution >= 0.6 is 0 Å². The molecule has 4 N–H and O–H groups in total. The van der Waals surface area contributed by atoms with Crippen molar-refractivity contribution < 1.29 is 9.90 Å². The monoisotopic (exact) mass is 229 g/mol. The van der Waals surface area contributed by atoms with Gasteiger partial charge in [0.25, 0.3) is 0 Å². The van der Waals surface area contributed by atoms with Gasteiger partial charge in [0.1, 0.15) is 0 Å². The lowest BCUT2D eigenvalue weighted by Gasteiger charge is -2.37. The van der Waals surface area contributed by atoms with Gasteiger partial charge >= 0.3 is 0 Å². The maximum atomic E-state index is 11.0. The number of piperidine rings is 1. The number of carbonyl (C=O) groups excluding carboxylic acids is 1.